The molecule has 3 atom stereocenters. The van der Waals surface area contributed by atoms with Gasteiger partial charge in [0, 0.05) is 18.7 Å². The number of amides is 3. The Labute approximate surface area is 181 Å². The molecule has 0 bridgehead atoms. The lowest BCUT2D eigenvalue weighted by Gasteiger charge is -2.22. The van der Waals surface area contributed by atoms with Gasteiger partial charge in [-0.2, -0.15) is 0 Å². The third-order valence-electron chi connectivity index (χ3n) is 4.18. The molecular formula is C19H33N5O7. The lowest BCUT2D eigenvalue weighted by molar-refractivity contribution is -0.142. The number of hydrogen-bond acceptors (Lipinski definition) is 8. The summed E-state index contributed by atoms with van der Waals surface area (Å²) in [6, 6.07) is -3.23. The predicted molar refractivity (Wildman–Crippen MR) is 111 cm³/mol. The van der Waals surface area contributed by atoms with Crippen molar-refractivity contribution >= 4 is 29.7 Å². The van der Waals surface area contributed by atoms with E-state index in [9.17, 15) is 29.1 Å². The van der Waals surface area contributed by atoms with Crippen LogP contribution in [-0.4, -0.2) is 73.1 Å². The van der Waals surface area contributed by atoms with E-state index in [0.29, 0.717) is 25.8 Å². The van der Waals surface area contributed by atoms with Crippen molar-refractivity contribution in [3.05, 3.63) is 12.2 Å². The summed E-state index contributed by atoms with van der Waals surface area (Å²) in [6.07, 6.45) is 4.36. The van der Waals surface area contributed by atoms with E-state index in [0.717, 1.165) is 25.7 Å². The second-order valence-corrected chi connectivity index (χ2v) is 6.74. The minimum atomic E-state index is -1.45. The third kappa shape index (κ3) is 12.3. The first-order valence-corrected chi connectivity index (χ1v) is 9.99. The van der Waals surface area contributed by atoms with Gasteiger partial charge in [0.1, 0.15) is 12.1 Å². The zero-order chi connectivity index (χ0) is 23.8. The van der Waals surface area contributed by atoms with Gasteiger partial charge in [0.25, 0.3) is 0 Å². The quantitative estimate of drug-likeness (QED) is 0.0953. The first-order valence-electron chi connectivity index (χ1n) is 9.99. The van der Waals surface area contributed by atoms with Crippen molar-refractivity contribution in [3.8, 4) is 0 Å². The normalized spacial score (nSPS) is 13.7. The first kappa shape index (κ1) is 28.0. The number of carbonyl (C=O) groups excluding carboxylic acids is 4. The number of methoxy groups -OCH3 is 1. The molecule has 0 aromatic carbocycles. The lowest BCUT2D eigenvalue weighted by atomic mass is 10.1. The SMILES string of the molecule is CCC[C@H](NC(=O)[C@@H](N)CCCCN)C(=O)N[C@@H](CNC(=O)/C=C/C(=O)OC)C(=O)O. The van der Waals surface area contributed by atoms with Crippen LogP contribution in [0.15, 0.2) is 12.2 Å². The molecule has 8 N–H and O–H groups in total. The number of aliphatic carboxylic acids is 1. The molecule has 0 aromatic rings. The number of esters is 1. The van der Waals surface area contributed by atoms with Crippen LogP contribution in [0.2, 0.25) is 0 Å². The van der Waals surface area contributed by atoms with Crippen LogP contribution >= 0.6 is 0 Å². The predicted octanol–water partition coefficient (Wildman–Crippen LogP) is -1.86. The Morgan fingerprint density at radius 2 is 1.65 bits per heavy atom. The summed E-state index contributed by atoms with van der Waals surface area (Å²) in [5.41, 5.74) is 11.2. The van der Waals surface area contributed by atoms with Crippen LogP contribution < -0.4 is 27.4 Å². The van der Waals surface area contributed by atoms with E-state index in [1.165, 1.54) is 0 Å². The highest BCUT2D eigenvalue weighted by Gasteiger charge is 2.27. The molecule has 0 saturated heterocycles. The Morgan fingerprint density at radius 1 is 1.00 bits per heavy atom. The van der Waals surface area contributed by atoms with Crippen LogP contribution in [0.25, 0.3) is 0 Å². The van der Waals surface area contributed by atoms with Gasteiger partial charge in [-0.05, 0) is 25.8 Å². The van der Waals surface area contributed by atoms with E-state index in [2.05, 4.69) is 20.7 Å². The maximum Gasteiger partial charge on any atom is 0.330 e. The number of nitrogens with two attached hydrogens (primary N) is 2. The molecule has 0 unspecified atom stereocenters. The molecule has 12 nitrogen and oxygen atoms in total. The Bertz CT molecular complexity index is 654. The molecule has 0 spiro atoms. The Balaban J connectivity index is 4.89. The molecule has 0 heterocycles. The van der Waals surface area contributed by atoms with Crippen molar-refractivity contribution < 1.29 is 33.8 Å². The number of carboxylic acids is 1. The highest BCUT2D eigenvalue weighted by atomic mass is 16.5. The zero-order valence-electron chi connectivity index (χ0n) is 17.9. The molecule has 31 heavy (non-hydrogen) atoms. The van der Waals surface area contributed by atoms with Crippen LogP contribution in [0.3, 0.4) is 0 Å². The smallest absolute Gasteiger partial charge is 0.330 e. The molecular weight excluding hydrogens is 410 g/mol. The second kappa shape index (κ2) is 15.8. The summed E-state index contributed by atoms with van der Waals surface area (Å²) in [4.78, 5) is 58.8. The summed E-state index contributed by atoms with van der Waals surface area (Å²) in [5, 5.41) is 16.4. The van der Waals surface area contributed by atoms with Crippen LogP contribution in [0.5, 0.6) is 0 Å². The van der Waals surface area contributed by atoms with Crippen molar-refractivity contribution in [1.82, 2.24) is 16.0 Å². The topological polar surface area (TPSA) is 203 Å². The monoisotopic (exact) mass is 443 g/mol. The summed E-state index contributed by atoms with van der Waals surface area (Å²) in [5.74, 6) is -4.11. The minimum absolute atomic E-state index is 0.271. The molecule has 0 aliphatic rings. The molecule has 0 rings (SSSR count). The van der Waals surface area contributed by atoms with Gasteiger partial charge in [0.05, 0.1) is 13.2 Å². The van der Waals surface area contributed by atoms with Gasteiger partial charge in [0.15, 0.2) is 0 Å². The number of unbranched alkanes of at least 4 members (excludes halogenated alkanes) is 1. The maximum absolute atomic E-state index is 12.5. The average Bonchev–Trinajstić information content (AvgIpc) is 2.73. The van der Waals surface area contributed by atoms with E-state index < -0.39 is 54.3 Å². The molecule has 0 aromatic heterocycles. The molecule has 176 valence electrons. The third-order valence-corrected chi connectivity index (χ3v) is 4.18. The van der Waals surface area contributed by atoms with Crippen molar-refractivity contribution in [2.45, 2.75) is 57.2 Å². The number of carbonyl (C=O) groups is 5. The first-order chi connectivity index (χ1) is 14.7. The van der Waals surface area contributed by atoms with Crippen LogP contribution in [-0.2, 0) is 28.7 Å². The largest absolute Gasteiger partial charge is 0.480 e. The highest BCUT2D eigenvalue weighted by Crippen LogP contribution is 2.02. The fourth-order valence-corrected chi connectivity index (χ4v) is 2.42. The van der Waals surface area contributed by atoms with Gasteiger partial charge in [0.2, 0.25) is 17.7 Å². The number of ether oxygens (including phenoxy) is 1. The number of rotatable bonds is 15. The minimum Gasteiger partial charge on any atom is -0.480 e. The van der Waals surface area contributed by atoms with Gasteiger partial charge in [-0.3, -0.25) is 14.4 Å². The van der Waals surface area contributed by atoms with E-state index >= 15 is 0 Å². The Hall–Kier alpha value is -2.99. The molecule has 12 heteroatoms. The van der Waals surface area contributed by atoms with Crippen LogP contribution in [0.4, 0.5) is 0 Å². The lowest BCUT2D eigenvalue weighted by Crippen LogP contribution is -2.56. The van der Waals surface area contributed by atoms with Gasteiger partial charge in [-0.15, -0.1) is 0 Å². The summed E-state index contributed by atoms with van der Waals surface area (Å²) in [6.45, 7) is 1.85. The molecule has 0 aliphatic heterocycles. The Kier molecular flexibility index (Phi) is 14.3. The van der Waals surface area contributed by atoms with E-state index in [4.69, 9.17) is 11.5 Å². The summed E-state index contributed by atoms with van der Waals surface area (Å²) >= 11 is 0. The van der Waals surface area contributed by atoms with Gasteiger partial charge >= 0.3 is 11.9 Å². The number of carboxylic acid groups (broad SMARTS) is 1. The molecule has 0 radical (unpaired) electrons. The van der Waals surface area contributed by atoms with Crippen LogP contribution in [0, 0.1) is 0 Å². The van der Waals surface area contributed by atoms with Crippen LogP contribution in [0.1, 0.15) is 39.0 Å². The molecule has 0 saturated carbocycles. The number of hydrogen-bond donors (Lipinski definition) is 6. The standard InChI is InChI=1S/C19H33N5O7/c1-3-6-13(23-17(27)12(21)7-4-5-10-20)18(28)24-14(19(29)30)11-22-15(25)8-9-16(26)31-2/h8-9,12-14H,3-7,10-11,20-21H2,1-2H3,(H,22,25)(H,23,27)(H,24,28)(H,29,30)/b9-8+/t12-,13-,14-/m0/s1. The van der Waals surface area contributed by atoms with E-state index in [1.807, 2.05) is 0 Å². The fourth-order valence-electron chi connectivity index (χ4n) is 2.42. The van der Waals surface area contributed by atoms with Gasteiger partial charge < -0.3 is 37.3 Å². The van der Waals surface area contributed by atoms with Gasteiger partial charge in [-0.25, -0.2) is 9.59 Å². The second-order valence-electron chi connectivity index (χ2n) is 6.74. The van der Waals surface area contributed by atoms with Crippen molar-refractivity contribution in [2.75, 3.05) is 20.2 Å². The van der Waals surface area contributed by atoms with E-state index in [-0.39, 0.29) is 6.42 Å². The fraction of sp³-hybridized carbons (Fsp3) is 0.632. The summed E-state index contributed by atoms with van der Waals surface area (Å²) < 4.78 is 4.34. The summed E-state index contributed by atoms with van der Waals surface area (Å²) in [7, 11) is 1.14. The molecule has 0 fully saturated rings. The van der Waals surface area contributed by atoms with Crippen molar-refractivity contribution in [3.63, 3.8) is 0 Å². The average molecular weight is 444 g/mol. The van der Waals surface area contributed by atoms with E-state index in [1.54, 1.807) is 6.92 Å². The zero-order valence-corrected chi connectivity index (χ0v) is 17.9. The maximum atomic E-state index is 12.5. The highest BCUT2D eigenvalue weighted by molar-refractivity contribution is 5.95. The van der Waals surface area contributed by atoms with Crippen molar-refractivity contribution in [1.29, 1.82) is 0 Å². The Morgan fingerprint density at radius 3 is 2.19 bits per heavy atom. The number of nitrogens with one attached hydrogen (secondary N) is 3. The van der Waals surface area contributed by atoms with Gasteiger partial charge in [-0.1, -0.05) is 19.8 Å². The molecule has 0 aliphatic carbocycles. The molecule has 3 amide bonds. The van der Waals surface area contributed by atoms with Crippen molar-refractivity contribution in [2.24, 2.45) is 11.5 Å².